The zero-order valence-electron chi connectivity index (χ0n) is 11.0. The number of hydrogen-bond donors (Lipinski definition) is 0. The summed E-state index contributed by atoms with van der Waals surface area (Å²) in [5.74, 6) is -0.0741. The Hall–Kier alpha value is -1.91. The van der Waals surface area contributed by atoms with Crippen molar-refractivity contribution in [3.8, 4) is 5.75 Å². The third-order valence-electron chi connectivity index (χ3n) is 2.41. The second-order valence-corrected chi connectivity index (χ2v) is 4.66. The van der Waals surface area contributed by atoms with Gasteiger partial charge in [-0.15, -0.1) is 0 Å². The summed E-state index contributed by atoms with van der Waals surface area (Å²) in [6.45, 7) is 0. The first kappa shape index (κ1) is 17.1. The lowest BCUT2D eigenvalue weighted by atomic mass is 10.2. The Kier molecular flexibility index (Phi) is 6.85. The van der Waals surface area contributed by atoms with Crippen LogP contribution in [0.15, 0.2) is 36.4 Å². The predicted octanol–water partition coefficient (Wildman–Crippen LogP) is 4.45. The van der Waals surface area contributed by atoms with Crippen LogP contribution in [0.1, 0.15) is 20.7 Å². The zero-order valence-corrected chi connectivity index (χ0v) is 12.5. The molecule has 110 valence electrons. The first-order valence-electron chi connectivity index (χ1n) is 5.70. The van der Waals surface area contributed by atoms with E-state index in [0.717, 1.165) is 12.4 Å². The number of methoxy groups -OCH3 is 1. The van der Waals surface area contributed by atoms with Crippen molar-refractivity contribution in [3.63, 3.8) is 0 Å². The van der Waals surface area contributed by atoms with Gasteiger partial charge in [-0.1, -0.05) is 23.2 Å². The predicted molar refractivity (Wildman–Crippen MR) is 80.2 cm³/mol. The molecule has 3 nitrogen and oxygen atoms in total. The molecule has 0 saturated heterocycles. The van der Waals surface area contributed by atoms with Gasteiger partial charge in [0.15, 0.2) is 12.6 Å². The van der Waals surface area contributed by atoms with Gasteiger partial charge >= 0.3 is 0 Å². The van der Waals surface area contributed by atoms with Crippen LogP contribution < -0.4 is 4.74 Å². The Bertz CT molecular complexity index is 645. The molecule has 2 rings (SSSR count). The Morgan fingerprint density at radius 3 is 1.95 bits per heavy atom. The average molecular weight is 329 g/mol. The van der Waals surface area contributed by atoms with E-state index in [-0.39, 0.29) is 5.56 Å². The Morgan fingerprint density at radius 2 is 1.48 bits per heavy atom. The molecular weight excluding hydrogens is 318 g/mol. The van der Waals surface area contributed by atoms with Crippen molar-refractivity contribution in [2.24, 2.45) is 0 Å². The molecule has 0 radical (unpaired) electrons. The maximum absolute atomic E-state index is 12.5. The van der Waals surface area contributed by atoms with E-state index in [9.17, 15) is 14.0 Å². The molecule has 0 aliphatic rings. The van der Waals surface area contributed by atoms with Crippen LogP contribution in [0, 0.1) is 5.82 Å². The minimum atomic E-state index is -0.581. The van der Waals surface area contributed by atoms with Crippen LogP contribution in [-0.4, -0.2) is 19.7 Å². The minimum Gasteiger partial charge on any atom is -0.496 e. The highest BCUT2D eigenvalue weighted by Gasteiger charge is 2.00. The number of carbonyl (C=O) groups is 2. The van der Waals surface area contributed by atoms with E-state index in [1.807, 2.05) is 0 Å². The molecule has 0 spiro atoms. The molecule has 0 amide bonds. The van der Waals surface area contributed by atoms with Crippen molar-refractivity contribution in [2.75, 3.05) is 7.11 Å². The number of hydrogen-bond acceptors (Lipinski definition) is 3. The number of carbonyl (C=O) groups excluding carboxylic acids is 2. The van der Waals surface area contributed by atoms with Gasteiger partial charge in [-0.2, -0.15) is 0 Å². The van der Waals surface area contributed by atoms with E-state index < -0.39 is 5.82 Å². The highest BCUT2D eigenvalue weighted by Crippen LogP contribution is 2.21. The highest BCUT2D eigenvalue weighted by molar-refractivity contribution is 6.31. The van der Waals surface area contributed by atoms with Crippen LogP contribution in [0.5, 0.6) is 5.75 Å². The summed E-state index contributed by atoms with van der Waals surface area (Å²) in [6, 6.07) is 8.78. The molecule has 0 fully saturated rings. The van der Waals surface area contributed by atoms with Gasteiger partial charge in [0.25, 0.3) is 0 Å². The summed E-state index contributed by atoms with van der Waals surface area (Å²) in [5.41, 5.74) is 0.543. The first-order valence-corrected chi connectivity index (χ1v) is 6.46. The van der Waals surface area contributed by atoms with Crippen molar-refractivity contribution < 1.29 is 18.7 Å². The van der Waals surface area contributed by atoms with Crippen LogP contribution in [0.4, 0.5) is 4.39 Å². The smallest absolute Gasteiger partial charge is 0.153 e. The second kappa shape index (κ2) is 8.39. The lowest BCUT2D eigenvalue weighted by molar-refractivity contribution is 0.111. The number of halogens is 3. The van der Waals surface area contributed by atoms with Crippen molar-refractivity contribution >= 4 is 35.8 Å². The van der Waals surface area contributed by atoms with Crippen molar-refractivity contribution in [1.29, 1.82) is 0 Å². The quantitative estimate of drug-likeness (QED) is 0.781. The molecule has 0 N–H and O–H groups in total. The minimum absolute atomic E-state index is 0.0319. The van der Waals surface area contributed by atoms with Crippen LogP contribution in [-0.2, 0) is 0 Å². The third-order valence-corrected chi connectivity index (χ3v) is 2.88. The van der Waals surface area contributed by atoms with Gasteiger partial charge in [0.05, 0.1) is 18.2 Å². The van der Waals surface area contributed by atoms with E-state index in [2.05, 4.69) is 0 Å². The lowest BCUT2D eigenvalue weighted by Gasteiger charge is -2.01. The van der Waals surface area contributed by atoms with Crippen LogP contribution in [0.2, 0.25) is 10.0 Å². The Labute approximate surface area is 131 Å². The fourth-order valence-electron chi connectivity index (χ4n) is 1.38. The number of aldehydes is 2. The van der Waals surface area contributed by atoms with Gasteiger partial charge in [-0.25, -0.2) is 4.39 Å². The molecule has 0 aliphatic heterocycles. The molecule has 0 aliphatic carbocycles. The number of benzene rings is 2. The second-order valence-electron chi connectivity index (χ2n) is 3.79. The molecule has 0 bridgehead atoms. The van der Waals surface area contributed by atoms with E-state index in [4.69, 9.17) is 27.9 Å². The fraction of sp³-hybridized carbons (Fsp3) is 0.0667. The molecule has 2 aromatic rings. The summed E-state index contributed by atoms with van der Waals surface area (Å²) in [6.07, 6.45) is 1.18. The lowest BCUT2D eigenvalue weighted by Crippen LogP contribution is -1.89. The number of rotatable bonds is 3. The molecule has 0 atom stereocenters. The SMILES string of the molecule is COc1cc(Cl)ccc1C=O.O=Cc1ccc(Cl)cc1F. The molecule has 0 heterocycles. The topological polar surface area (TPSA) is 43.4 Å². The maximum atomic E-state index is 12.5. The molecule has 0 unspecified atom stereocenters. The molecular formula is C15H11Cl2FO3. The molecule has 0 aromatic heterocycles. The summed E-state index contributed by atoms with van der Waals surface area (Å²) in [5, 5.41) is 0.857. The zero-order chi connectivity index (χ0) is 15.8. The van der Waals surface area contributed by atoms with Gasteiger partial charge in [0.2, 0.25) is 0 Å². The molecule has 2 aromatic carbocycles. The Balaban J connectivity index is 0.000000211. The van der Waals surface area contributed by atoms with Gasteiger partial charge in [0.1, 0.15) is 11.6 Å². The summed E-state index contributed by atoms with van der Waals surface area (Å²) in [7, 11) is 1.50. The Morgan fingerprint density at radius 1 is 0.952 bits per heavy atom. The van der Waals surface area contributed by atoms with Crippen LogP contribution >= 0.6 is 23.2 Å². The average Bonchev–Trinajstić information content (AvgIpc) is 2.48. The van der Waals surface area contributed by atoms with E-state index >= 15 is 0 Å². The first-order chi connectivity index (χ1) is 10.0. The highest BCUT2D eigenvalue weighted by atomic mass is 35.5. The molecule has 6 heteroatoms. The van der Waals surface area contributed by atoms with E-state index in [0.29, 0.717) is 27.6 Å². The molecule has 0 saturated carbocycles. The largest absolute Gasteiger partial charge is 0.496 e. The summed E-state index contributed by atoms with van der Waals surface area (Å²) >= 11 is 11.1. The van der Waals surface area contributed by atoms with Gasteiger partial charge in [-0.3, -0.25) is 9.59 Å². The number of ether oxygens (including phenoxy) is 1. The van der Waals surface area contributed by atoms with Crippen LogP contribution in [0.3, 0.4) is 0 Å². The monoisotopic (exact) mass is 328 g/mol. The fourth-order valence-corrected chi connectivity index (χ4v) is 1.70. The normalized spacial score (nSPS) is 9.33. The van der Waals surface area contributed by atoms with Gasteiger partial charge in [-0.05, 0) is 36.4 Å². The van der Waals surface area contributed by atoms with Gasteiger partial charge < -0.3 is 4.74 Å². The van der Waals surface area contributed by atoms with Crippen molar-refractivity contribution in [2.45, 2.75) is 0 Å². The standard InChI is InChI=1S/C8H7ClO2.C7H4ClFO/c1-11-8-4-7(9)3-2-6(8)5-10;8-6-2-1-5(4-10)7(9)3-6/h2-5H,1H3;1-4H. The summed E-state index contributed by atoms with van der Waals surface area (Å²) < 4.78 is 17.4. The van der Waals surface area contributed by atoms with Crippen molar-refractivity contribution in [3.05, 3.63) is 63.4 Å². The maximum Gasteiger partial charge on any atom is 0.153 e. The van der Waals surface area contributed by atoms with Crippen LogP contribution in [0.25, 0.3) is 0 Å². The molecule has 21 heavy (non-hydrogen) atoms. The van der Waals surface area contributed by atoms with Crippen molar-refractivity contribution in [1.82, 2.24) is 0 Å². The van der Waals surface area contributed by atoms with E-state index in [1.165, 1.54) is 19.2 Å². The summed E-state index contributed by atoms with van der Waals surface area (Å²) in [4.78, 5) is 20.4. The van der Waals surface area contributed by atoms with E-state index in [1.54, 1.807) is 18.2 Å². The van der Waals surface area contributed by atoms with Gasteiger partial charge in [0, 0.05) is 10.0 Å². The third kappa shape index (κ3) is 5.17.